The number of carbonyl (C=O) groups is 1. The number of anilines is 1. The van der Waals surface area contributed by atoms with Gasteiger partial charge in [0, 0.05) is 45.3 Å². The first-order chi connectivity index (χ1) is 9.56. The topological polar surface area (TPSA) is 63.1 Å². The molecule has 0 aliphatic rings. The van der Waals surface area contributed by atoms with E-state index in [1.807, 2.05) is 16.8 Å². The van der Waals surface area contributed by atoms with Gasteiger partial charge in [0.25, 0.3) is 5.91 Å². The minimum atomic E-state index is -0.0458. The van der Waals surface area contributed by atoms with Gasteiger partial charge in [0.2, 0.25) is 0 Å². The van der Waals surface area contributed by atoms with Crippen LogP contribution in [-0.4, -0.2) is 45.5 Å². The van der Waals surface area contributed by atoms with Crippen LogP contribution in [0.4, 0.5) is 5.82 Å². The molecule has 0 radical (unpaired) electrons. The lowest BCUT2D eigenvalue weighted by atomic mass is 10.2. The Morgan fingerprint density at radius 3 is 2.80 bits per heavy atom. The summed E-state index contributed by atoms with van der Waals surface area (Å²) in [5.41, 5.74) is 0.586. The minimum absolute atomic E-state index is 0.0458. The van der Waals surface area contributed by atoms with Gasteiger partial charge >= 0.3 is 0 Å². The summed E-state index contributed by atoms with van der Waals surface area (Å²) in [7, 11) is 3.45. The van der Waals surface area contributed by atoms with E-state index in [1.165, 1.54) is 4.90 Å². The third-order valence-electron chi connectivity index (χ3n) is 2.85. The molecule has 1 unspecified atom stereocenters. The number of hydrogen-bond acceptors (Lipinski definition) is 4. The lowest BCUT2D eigenvalue weighted by molar-refractivity contribution is 0.0827. The van der Waals surface area contributed by atoms with Gasteiger partial charge in [0.05, 0.1) is 11.9 Å². The maximum absolute atomic E-state index is 11.7. The maximum Gasteiger partial charge on any atom is 0.254 e. The van der Waals surface area contributed by atoms with E-state index in [0.717, 1.165) is 12.4 Å². The third-order valence-corrected chi connectivity index (χ3v) is 2.85. The van der Waals surface area contributed by atoms with Crippen molar-refractivity contribution in [3.63, 3.8) is 0 Å². The van der Waals surface area contributed by atoms with Crippen molar-refractivity contribution in [3.05, 3.63) is 42.6 Å². The molecule has 2 aromatic heterocycles. The van der Waals surface area contributed by atoms with Crippen LogP contribution in [0.1, 0.15) is 17.3 Å². The maximum atomic E-state index is 11.7. The molecule has 0 spiro atoms. The molecular formula is C14H19N5O. The van der Waals surface area contributed by atoms with E-state index in [0.29, 0.717) is 5.56 Å². The highest BCUT2D eigenvalue weighted by Crippen LogP contribution is 2.08. The molecule has 0 aromatic carbocycles. The van der Waals surface area contributed by atoms with Gasteiger partial charge in [-0.15, -0.1) is 0 Å². The summed E-state index contributed by atoms with van der Waals surface area (Å²) in [5, 5.41) is 3.29. The Hall–Kier alpha value is -2.37. The van der Waals surface area contributed by atoms with Gasteiger partial charge in [-0.05, 0) is 19.1 Å². The fourth-order valence-corrected chi connectivity index (χ4v) is 1.87. The van der Waals surface area contributed by atoms with E-state index < -0.39 is 0 Å². The van der Waals surface area contributed by atoms with E-state index in [1.54, 1.807) is 38.9 Å². The molecule has 0 saturated heterocycles. The summed E-state index contributed by atoms with van der Waals surface area (Å²) in [6.07, 6.45) is 7.05. The van der Waals surface area contributed by atoms with E-state index >= 15 is 0 Å². The third kappa shape index (κ3) is 3.57. The second-order valence-electron chi connectivity index (χ2n) is 4.94. The number of carbonyl (C=O) groups excluding carboxylic acids is 1. The van der Waals surface area contributed by atoms with Crippen LogP contribution >= 0.6 is 0 Å². The molecule has 20 heavy (non-hydrogen) atoms. The van der Waals surface area contributed by atoms with Crippen LogP contribution in [0, 0.1) is 0 Å². The Morgan fingerprint density at radius 1 is 1.45 bits per heavy atom. The molecule has 1 atom stereocenters. The molecule has 2 aromatic rings. The molecule has 1 N–H and O–H groups in total. The van der Waals surface area contributed by atoms with Gasteiger partial charge in [-0.25, -0.2) is 9.97 Å². The fourth-order valence-electron chi connectivity index (χ4n) is 1.87. The lowest BCUT2D eigenvalue weighted by Gasteiger charge is -2.15. The summed E-state index contributed by atoms with van der Waals surface area (Å²) in [6.45, 7) is 2.88. The van der Waals surface area contributed by atoms with Gasteiger partial charge in [0.1, 0.15) is 5.82 Å². The Morgan fingerprint density at radius 2 is 2.25 bits per heavy atom. The van der Waals surface area contributed by atoms with Gasteiger partial charge < -0.3 is 14.8 Å². The van der Waals surface area contributed by atoms with Crippen molar-refractivity contribution in [2.75, 3.05) is 19.4 Å². The number of hydrogen-bond donors (Lipinski definition) is 1. The van der Waals surface area contributed by atoms with E-state index in [2.05, 4.69) is 22.2 Å². The molecule has 6 heteroatoms. The molecular weight excluding hydrogens is 254 g/mol. The first-order valence-electron chi connectivity index (χ1n) is 6.46. The Bertz CT molecular complexity index is 547. The van der Waals surface area contributed by atoms with Crippen LogP contribution in [0.15, 0.2) is 37.1 Å². The monoisotopic (exact) mass is 273 g/mol. The van der Waals surface area contributed by atoms with Gasteiger partial charge in [-0.2, -0.15) is 0 Å². The summed E-state index contributed by atoms with van der Waals surface area (Å²) >= 11 is 0. The average Bonchev–Trinajstić information content (AvgIpc) is 2.91. The quantitative estimate of drug-likeness (QED) is 0.896. The van der Waals surface area contributed by atoms with E-state index in [4.69, 9.17) is 0 Å². The summed E-state index contributed by atoms with van der Waals surface area (Å²) < 4.78 is 2.00. The highest BCUT2D eigenvalue weighted by molar-refractivity contribution is 5.93. The predicted molar refractivity (Wildman–Crippen MR) is 77.6 cm³/mol. The molecule has 1 amide bonds. The van der Waals surface area contributed by atoms with Crippen LogP contribution < -0.4 is 5.32 Å². The number of pyridine rings is 1. The number of imidazole rings is 1. The second-order valence-corrected chi connectivity index (χ2v) is 4.94. The molecule has 106 valence electrons. The minimum Gasteiger partial charge on any atom is -0.366 e. The highest BCUT2D eigenvalue weighted by Gasteiger charge is 2.09. The van der Waals surface area contributed by atoms with Crippen LogP contribution in [0.2, 0.25) is 0 Å². The van der Waals surface area contributed by atoms with Crippen LogP contribution in [-0.2, 0) is 6.54 Å². The molecule has 0 bridgehead atoms. The van der Waals surface area contributed by atoms with Crippen LogP contribution in [0.3, 0.4) is 0 Å². The zero-order valence-electron chi connectivity index (χ0n) is 11.9. The molecule has 6 nitrogen and oxygen atoms in total. The van der Waals surface area contributed by atoms with Gasteiger partial charge in [-0.1, -0.05) is 0 Å². The van der Waals surface area contributed by atoms with Crippen LogP contribution in [0.5, 0.6) is 0 Å². The standard InChI is InChI=1S/C14H19N5O/c1-11(9-19-7-6-15-10-19)17-13-5-4-12(8-16-13)14(20)18(2)3/h4-8,10-11H,9H2,1-3H3,(H,16,17). The highest BCUT2D eigenvalue weighted by atomic mass is 16.2. The van der Waals surface area contributed by atoms with Crippen molar-refractivity contribution in [2.45, 2.75) is 19.5 Å². The van der Waals surface area contributed by atoms with Crippen molar-refractivity contribution in [1.29, 1.82) is 0 Å². The summed E-state index contributed by atoms with van der Waals surface area (Å²) in [6, 6.07) is 3.81. The molecule has 0 fully saturated rings. The Kier molecular flexibility index (Phi) is 4.34. The second kappa shape index (κ2) is 6.18. The van der Waals surface area contributed by atoms with Gasteiger partial charge in [-0.3, -0.25) is 4.79 Å². The Balaban J connectivity index is 1.95. The van der Waals surface area contributed by atoms with Crippen molar-refractivity contribution in [1.82, 2.24) is 19.4 Å². The number of aromatic nitrogens is 3. The molecule has 2 heterocycles. The van der Waals surface area contributed by atoms with Crippen molar-refractivity contribution >= 4 is 11.7 Å². The molecule has 0 aliphatic carbocycles. The predicted octanol–water partition coefficient (Wildman–Crippen LogP) is 1.48. The Labute approximate surface area is 118 Å². The van der Waals surface area contributed by atoms with E-state index in [-0.39, 0.29) is 11.9 Å². The number of nitrogens with one attached hydrogen (secondary N) is 1. The van der Waals surface area contributed by atoms with Crippen molar-refractivity contribution in [3.8, 4) is 0 Å². The summed E-state index contributed by atoms with van der Waals surface area (Å²) in [5.74, 6) is 0.712. The van der Waals surface area contributed by atoms with Crippen LogP contribution in [0.25, 0.3) is 0 Å². The largest absolute Gasteiger partial charge is 0.366 e. The van der Waals surface area contributed by atoms with Gasteiger partial charge in [0.15, 0.2) is 0 Å². The molecule has 0 saturated carbocycles. The van der Waals surface area contributed by atoms with Crippen molar-refractivity contribution < 1.29 is 4.79 Å². The first-order valence-corrected chi connectivity index (χ1v) is 6.46. The zero-order valence-corrected chi connectivity index (χ0v) is 11.9. The average molecular weight is 273 g/mol. The summed E-state index contributed by atoms with van der Waals surface area (Å²) in [4.78, 5) is 21.6. The number of nitrogens with zero attached hydrogens (tertiary/aromatic N) is 4. The van der Waals surface area contributed by atoms with Crippen molar-refractivity contribution in [2.24, 2.45) is 0 Å². The fraction of sp³-hybridized carbons (Fsp3) is 0.357. The molecule has 0 aliphatic heterocycles. The SMILES string of the molecule is CC(Cn1ccnc1)Nc1ccc(C(=O)N(C)C)cn1. The zero-order chi connectivity index (χ0) is 14.5. The van der Waals surface area contributed by atoms with E-state index in [9.17, 15) is 4.79 Å². The number of amides is 1. The number of rotatable bonds is 5. The lowest BCUT2D eigenvalue weighted by Crippen LogP contribution is -2.23. The first kappa shape index (κ1) is 14.0. The smallest absolute Gasteiger partial charge is 0.254 e. The molecule has 2 rings (SSSR count). The normalized spacial score (nSPS) is 11.9.